The van der Waals surface area contributed by atoms with Crippen molar-refractivity contribution in [3.63, 3.8) is 0 Å². The van der Waals surface area contributed by atoms with E-state index in [2.05, 4.69) is 11.0 Å². The average molecular weight is 321 g/mol. The van der Waals surface area contributed by atoms with E-state index in [4.69, 9.17) is 18.6 Å². The maximum Gasteiger partial charge on any atom is 0.0947 e. The van der Waals surface area contributed by atoms with E-state index >= 15 is 0 Å². The Morgan fingerprint density at radius 3 is 3.00 bits per heavy atom. The lowest BCUT2D eigenvalue weighted by Gasteiger charge is -2.29. The Kier molecular flexibility index (Phi) is 4.71. The summed E-state index contributed by atoms with van der Waals surface area (Å²) in [6.07, 6.45) is 5.88. The van der Waals surface area contributed by atoms with Gasteiger partial charge in [0.1, 0.15) is 0 Å². The van der Waals surface area contributed by atoms with E-state index in [1.807, 2.05) is 6.26 Å². The summed E-state index contributed by atoms with van der Waals surface area (Å²) in [7, 11) is 0. The summed E-state index contributed by atoms with van der Waals surface area (Å²) in [4.78, 5) is 2.52. The van der Waals surface area contributed by atoms with Crippen LogP contribution in [0.1, 0.15) is 18.4 Å². The van der Waals surface area contributed by atoms with Crippen LogP contribution in [-0.4, -0.2) is 57.6 Å². The third-order valence-electron chi connectivity index (χ3n) is 5.66. The van der Waals surface area contributed by atoms with E-state index in [1.54, 1.807) is 6.26 Å². The molecule has 5 nitrogen and oxygen atoms in total. The fourth-order valence-electron chi connectivity index (χ4n) is 4.25. The molecule has 0 amide bonds. The minimum absolute atomic E-state index is 0.189. The summed E-state index contributed by atoms with van der Waals surface area (Å²) < 4.78 is 22.6. The van der Waals surface area contributed by atoms with Gasteiger partial charge < -0.3 is 18.6 Å². The molecule has 3 fully saturated rings. The maximum atomic E-state index is 6.16. The molecular formula is C18H27NO4. The first kappa shape index (κ1) is 15.6. The van der Waals surface area contributed by atoms with Gasteiger partial charge in [-0.3, -0.25) is 4.90 Å². The maximum absolute atomic E-state index is 6.16. The third kappa shape index (κ3) is 3.48. The summed E-state index contributed by atoms with van der Waals surface area (Å²) in [5, 5.41) is 0. The fraction of sp³-hybridized carbons (Fsp3) is 0.778. The van der Waals surface area contributed by atoms with E-state index in [1.165, 1.54) is 5.56 Å². The van der Waals surface area contributed by atoms with Crippen LogP contribution in [0.15, 0.2) is 23.0 Å². The molecule has 128 valence electrons. The van der Waals surface area contributed by atoms with E-state index in [-0.39, 0.29) is 5.41 Å². The summed E-state index contributed by atoms with van der Waals surface area (Å²) in [5.74, 6) is 1.27. The molecule has 4 rings (SSSR count). The van der Waals surface area contributed by atoms with E-state index in [0.29, 0.717) is 11.8 Å². The van der Waals surface area contributed by atoms with Crippen LogP contribution in [0.5, 0.6) is 0 Å². The van der Waals surface area contributed by atoms with Gasteiger partial charge in [0, 0.05) is 56.4 Å². The highest BCUT2D eigenvalue weighted by Crippen LogP contribution is 2.42. The number of hydrogen-bond donors (Lipinski definition) is 0. The Morgan fingerprint density at radius 2 is 2.17 bits per heavy atom. The molecule has 0 saturated carbocycles. The van der Waals surface area contributed by atoms with Gasteiger partial charge in [-0.2, -0.15) is 0 Å². The quantitative estimate of drug-likeness (QED) is 0.803. The molecule has 3 aliphatic rings. The van der Waals surface area contributed by atoms with Gasteiger partial charge in [0.2, 0.25) is 0 Å². The molecule has 0 radical (unpaired) electrons. The number of furan rings is 1. The lowest BCUT2D eigenvalue weighted by molar-refractivity contribution is -0.0157. The van der Waals surface area contributed by atoms with Gasteiger partial charge in [0.15, 0.2) is 0 Å². The van der Waals surface area contributed by atoms with Crippen LogP contribution in [0.25, 0.3) is 0 Å². The number of likely N-dealkylation sites (tertiary alicyclic amines) is 1. The van der Waals surface area contributed by atoms with Crippen molar-refractivity contribution in [1.82, 2.24) is 4.90 Å². The van der Waals surface area contributed by atoms with Crippen LogP contribution >= 0.6 is 0 Å². The monoisotopic (exact) mass is 321 g/mol. The first-order chi connectivity index (χ1) is 11.3. The van der Waals surface area contributed by atoms with Gasteiger partial charge in [-0.25, -0.2) is 0 Å². The zero-order valence-corrected chi connectivity index (χ0v) is 13.7. The van der Waals surface area contributed by atoms with Crippen molar-refractivity contribution in [2.24, 2.45) is 17.3 Å². The standard InChI is InChI=1S/C18H27NO4/c1-4-20-5-2-15(1)9-22-13-18-12-19(7-16-3-6-21-10-16)8-17(18)11-23-14-18/h3,6,10,15,17H,1-2,4-5,7-9,11-14H2/t17-,18-/m1/s1. The Balaban J connectivity index is 1.30. The minimum atomic E-state index is 0.189. The number of ether oxygens (including phenoxy) is 3. The van der Waals surface area contributed by atoms with Crippen LogP contribution in [0.2, 0.25) is 0 Å². The predicted octanol–water partition coefficient (Wildman–Crippen LogP) is 2.17. The Labute approximate surface area is 137 Å². The van der Waals surface area contributed by atoms with Crippen molar-refractivity contribution >= 4 is 0 Å². The molecule has 0 aromatic carbocycles. The molecule has 0 aliphatic carbocycles. The molecule has 23 heavy (non-hydrogen) atoms. The second kappa shape index (κ2) is 6.93. The molecule has 4 heterocycles. The molecule has 2 atom stereocenters. The predicted molar refractivity (Wildman–Crippen MR) is 85.1 cm³/mol. The minimum Gasteiger partial charge on any atom is -0.472 e. The van der Waals surface area contributed by atoms with Gasteiger partial charge in [0.25, 0.3) is 0 Å². The number of nitrogens with zero attached hydrogens (tertiary/aromatic N) is 1. The number of rotatable bonds is 6. The second-order valence-electron chi connectivity index (χ2n) is 7.45. The highest BCUT2D eigenvalue weighted by molar-refractivity contribution is 5.08. The first-order valence-corrected chi connectivity index (χ1v) is 8.81. The van der Waals surface area contributed by atoms with Crippen molar-refractivity contribution < 1.29 is 18.6 Å². The van der Waals surface area contributed by atoms with Crippen molar-refractivity contribution in [3.05, 3.63) is 24.2 Å². The summed E-state index contributed by atoms with van der Waals surface area (Å²) >= 11 is 0. The molecule has 0 N–H and O–H groups in total. The van der Waals surface area contributed by atoms with Gasteiger partial charge >= 0.3 is 0 Å². The second-order valence-corrected chi connectivity index (χ2v) is 7.45. The summed E-state index contributed by atoms with van der Waals surface area (Å²) in [6.45, 7) is 8.34. The lowest BCUT2D eigenvalue weighted by Crippen LogP contribution is -2.36. The normalized spacial score (nSPS) is 32.4. The molecule has 1 aromatic rings. The van der Waals surface area contributed by atoms with E-state index in [9.17, 15) is 0 Å². The Morgan fingerprint density at radius 1 is 1.26 bits per heavy atom. The van der Waals surface area contributed by atoms with Crippen LogP contribution in [0.4, 0.5) is 0 Å². The first-order valence-electron chi connectivity index (χ1n) is 8.81. The lowest BCUT2D eigenvalue weighted by atomic mass is 9.82. The molecule has 5 heteroatoms. The van der Waals surface area contributed by atoms with Crippen molar-refractivity contribution in [2.45, 2.75) is 19.4 Å². The molecule has 0 spiro atoms. The average Bonchev–Trinajstić information content (AvgIpc) is 3.25. The van der Waals surface area contributed by atoms with Gasteiger partial charge in [-0.15, -0.1) is 0 Å². The van der Waals surface area contributed by atoms with Gasteiger partial charge in [-0.1, -0.05) is 0 Å². The SMILES string of the molecule is c1cc(CN2C[C@@H]3COC[C@]3(COCC3CCOCC3)C2)co1. The van der Waals surface area contributed by atoms with Crippen LogP contribution in [0, 0.1) is 17.3 Å². The largest absolute Gasteiger partial charge is 0.472 e. The molecule has 3 saturated heterocycles. The van der Waals surface area contributed by atoms with E-state index in [0.717, 1.165) is 72.1 Å². The fourth-order valence-corrected chi connectivity index (χ4v) is 4.25. The van der Waals surface area contributed by atoms with Gasteiger partial charge in [-0.05, 0) is 24.8 Å². The highest BCUT2D eigenvalue weighted by atomic mass is 16.5. The van der Waals surface area contributed by atoms with Crippen molar-refractivity contribution in [1.29, 1.82) is 0 Å². The van der Waals surface area contributed by atoms with Gasteiger partial charge in [0.05, 0.1) is 32.3 Å². The Hall–Kier alpha value is -0.880. The molecule has 1 aromatic heterocycles. The highest BCUT2D eigenvalue weighted by Gasteiger charge is 2.50. The molecule has 0 bridgehead atoms. The summed E-state index contributed by atoms with van der Waals surface area (Å²) in [5.41, 5.74) is 1.44. The third-order valence-corrected chi connectivity index (χ3v) is 5.66. The summed E-state index contributed by atoms with van der Waals surface area (Å²) in [6, 6.07) is 2.05. The molecule has 3 aliphatic heterocycles. The Bertz CT molecular complexity index is 485. The topological polar surface area (TPSA) is 44.1 Å². The van der Waals surface area contributed by atoms with E-state index < -0.39 is 0 Å². The number of hydrogen-bond acceptors (Lipinski definition) is 5. The van der Waals surface area contributed by atoms with Crippen LogP contribution < -0.4 is 0 Å². The molecule has 0 unspecified atom stereocenters. The zero-order valence-electron chi connectivity index (χ0n) is 13.7. The smallest absolute Gasteiger partial charge is 0.0947 e. The van der Waals surface area contributed by atoms with Crippen LogP contribution in [-0.2, 0) is 20.8 Å². The number of fused-ring (bicyclic) bond motifs is 1. The van der Waals surface area contributed by atoms with Crippen molar-refractivity contribution in [3.8, 4) is 0 Å². The zero-order chi connectivity index (χ0) is 15.5. The molecular weight excluding hydrogens is 294 g/mol. The van der Waals surface area contributed by atoms with Crippen molar-refractivity contribution in [2.75, 3.05) is 52.7 Å². The van der Waals surface area contributed by atoms with Crippen LogP contribution in [0.3, 0.4) is 0 Å².